The third-order valence-electron chi connectivity index (χ3n) is 4.81. The van der Waals surface area contributed by atoms with Crippen LogP contribution in [-0.4, -0.2) is 11.8 Å². The highest BCUT2D eigenvalue weighted by Crippen LogP contribution is 2.29. The molecule has 134 valence electrons. The van der Waals surface area contributed by atoms with Gasteiger partial charge >= 0.3 is 0 Å². The van der Waals surface area contributed by atoms with Gasteiger partial charge in [0.15, 0.2) is 0 Å². The first-order valence-electron chi connectivity index (χ1n) is 9.01. The molecule has 4 nitrogen and oxygen atoms in total. The SMILES string of the molecule is O=C(CC(c1ccccc1)c1ccccc1)Nc1ccc2c(c1)CC(=O)N2. The van der Waals surface area contributed by atoms with Crippen LogP contribution < -0.4 is 10.6 Å². The molecule has 0 unspecified atom stereocenters. The maximum Gasteiger partial charge on any atom is 0.228 e. The molecule has 0 radical (unpaired) electrons. The van der Waals surface area contributed by atoms with Crippen molar-refractivity contribution < 1.29 is 9.59 Å². The van der Waals surface area contributed by atoms with Crippen molar-refractivity contribution in [2.75, 3.05) is 10.6 Å². The average Bonchev–Trinajstić information content (AvgIpc) is 3.07. The van der Waals surface area contributed by atoms with Gasteiger partial charge in [-0.05, 0) is 34.9 Å². The lowest BCUT2D eigenvalue weighted by Crippen LogP contribution is -2.16. The summed E-state index contributed by atoms with van der Waals surface area (Å²) in [4.78, 5) is 24.2. The molecule has 2 amide bonds. The molecule has 0 bridgehead atoms. The number of benzene rings is 3. The quantitative estimate of drug-likeness (QED) is 0.714. The number of hydrogen-bond donors (Lipinski definition) is 2. The van der Waals surface area contributed by atoms with Crippen molar-refractivity contribution in [2.24, 2.45) is 0 Å². The summed E-state index contributed by atoms with van der Waals surface area (Å²) in [7, 11) is 0. The Morgan fingerprint density at radius 1 is 0.926 bits per heavy atom. The molecular weight excluding hydrogens is 336 g/mol. The average molecular weight is 356 g/mol. The van der Waals surface area contributed by atoms with Crippen LogP contribution in [-0.2, 0) is 16.0 Å². The van der Waals surface area contributed by atoms with E-state index in [2.05, 4.69) is 34.9 Å². The van der Waals surface area contributed by atoms with Crippen molar-refractivity contribution in [3.63, 3.8) is 0 Å². The van der Waals surface area contributed by atoms with Crippen molar-refractivity contribution in [3.05, 3.63) is 95.6 Å². The van der Waals surface area contributed by atoms with Gasteiger partial charge in [-0.1, -0.05) is 60.7 Å². The molecule has 0 spiro atoms. The van der Waals surface area contributed by atoms with Gasteiger partial charge in [0.25, 0.3) is 0 Å². The molecule has 27 heavy (non-hydrogen) atoms. The largest absolute Gasteiger partial charge is 0.326 e. The second kappa shape index (κ2) is 7.46. The third-order valence-corrected chi connectivity index (χ3v) is 4.81. The molecule has 2 N–H and O–H groups in total. The van der Waals surface area contributed by atoms with Gasteiger partial charge in [0.1, 0.15) is 0 Å². The van der Waals surface area contributed by atoms with Crippen molar-refractivity contribution >= 4 is 23.2 Å². The minimum Gasteiger partial charge on any atom is -0.326 e. The summed E-state index contributed by atoms with van der Waals surface area (Å²) in [6.07, 6.45) is 0.706. The number of rotatable bonds is 5. The number of nitrogens with one attached hydrogen (secondary N) is 2. The first-order chi connectivity index (χ1) is 13.2. The van der Waals surface area contributed by atoms with E-state index in [1.54, 1.807) is 0 Å². The predicted molar refractivity (Wildman–Crippen MR) is 107 cm³/mol. The Hall–Kier alpha value is -3.40. The lowest BCUT2D eigenvalue weighted by Gasteiger charge is -2.18. The van der Waals surface area contributed by atoms with E-state index in [0.29, 0.717) is 12.8 Å². The van der Waals surface area contributed by atoms with Crippen LogP contribution in [0.4, 0.5) is 11.4 Å². The predicted octanol–water partition coefficient (Wildman–Crippen LogP) is 4.34. The van der Waals surface area contributed by atoms with Crippen LogP contribution in [0.2, 0.25) is 0 Å². The standard InChI is InChI=1S/C23H20N2O2/c26-22-14-18-13-19(11-12-21(18)25-22)24-23(27)15-20(16-7-3-1-4-8-16)17-9-5-2-6-10-17/h1-13,20H,14-15H2,(H,24,27)(H,25,26). The lowest BCUT2D eigenvalue weighted by atomic mass is 9.88. The highest BCUT2D eigenvalue weighted by atomic mass is 16.2. The molecule has 3 aromatic rings. The summed E-state index contributed by atoms with van der Waals surface area (Å²) >= 11 is 0. The fourth-order valence-corrected chi connectivity index (χ4v) is 3.50. The molecule has 0 saturated carbocycles. The van der Waals surface area contributed by atoms with Crippen LogP contribution in [0.25, 0.3) is 0 Å². The summed E-state index contributed by atoms with van der Waals surface area (Å²) in [6, 6.07) is 25.7. The summed E-state index contributed by atoms with van der Waals surface area (Å²) in [6.45, 7) is 0. The molecule has 0 fully saturated rings. The smallest absolute Gasteiger partial charge is 0.228 e. The van der Waals surface area contributed by atoms with Gasteiger partial charge in [0.05, 0.1) is 6.42 Å². The number of anilines is 2. The third kappa shape index (κ3) is 3.90. The molecule has 3 aromatic carbocycles. The molecule has 1 aliphatic heterocycles. The maximum atomic E-state index is 12.7. The minimum absolute atomic E-state index is 0.00919. The zero-order valence-corrected chi connectivity index (χ0v) is 14.8. The van der Waals surface area contributed by atoms with Crippen LogP contribution in [0, 0.1) is 0 Å². The van der Waals surface area contributed by atoms with Crippen molar-refractivity contribution in [1.29, 1.82) is 0 Å². The van der Waals surface area contributed by atoms with Gasteiger partial charge in [0, 0.05) is 23.7 Å². The zero-order valence-electron chi connectivity index (χ0n) is 14.8. The number of amides is 2. The molecular formula is C23H20N2O2. The van der Waals surface area contributed by atoms with E-state index >= 15 is 0 Å². The molecule has 0 saturated heterocycles. The van der Waals surface area contributed by atoms with E-state index in [9.17, 15) is 9.59 Å². The van der Waals surface area contributed by atoms with Crippen LogP contribution in [0.3, 0.4) is 0 Å². The van der Waals surface area contributed by atoms with Crippen LogP contribution in [0.1, 0.15) is 29.0 Å². The van der Waals surface area contributed by atoms with Crippen molar-refractivity contribution in [1.82, 2.24) is 0 Å². The van der Waals surface area contributed by atoms with Crippen LogP contribution in [0.15, 0.2) is 78.9 Å². The molecule has 0 atom stereocenters. The molecule has 4 heteroatoms. The highest BCUT2D eigenvalue weighted by molar-refractivity contribution is 6.00. The molecule has 0 aliphatic carbocycles. The van der Waals surface area contributed by atoms with E-state index in [1.165, 1.54) is 0 Å². The van der Waals surface area contributed by atoms with E-state index in [1.807, 2.05) is 54.6 Å². The van der Waals surface area contributed by atoms with E-state index in [0.717, 1.165) is 28.1 Å². The Kier molecular flexibility index (Phi) is 4.71. The van der Waals surface area contributed by atoms with E-state index in [4.69, 9.17) is 0 Å². The first-order valence-corrected chi connectivity index (χ1v) is 9.01. The number of fused-ring (bicyclic) bond motifs is 1. The second-order valence-electron chi connectivity index (χ2n) is 6.72. The number of hydrogen-bond acceptors (Lipinski definition) is 2. The van der Waals surface area contributed by atoms with E-state index in [-0.39, 0.29) is 17.7 Å². The van der Waals surface area contributed by atoms with E-state index < -0.39 is 0 Å². The van der Waals surface area contributed by atoms with Gasteiger partial charge in [-0.3, -0.25) is 9.59 Å². The summed E-state index contributed by atoms with van der Waals surface area (Å²) in [5.41, 5.74) is 4.69. The molecule has 1 aliphatic rings. The second-order valence-corrected chi connectivity index (χ2v) is 6.72. The molecule has 1 heterocycles. The highest BCUT2D eigenvalue weighted by Gasteiger charge is 2.20. The normalized spacial score (nSPS) is 12.6. The van der Waals surface area contributed by atoms with Gasteiger partial charge in [-0.2, -0.15) is 0 Å². The number of carbonyl (C=O) groups is 2. The van der Waals surface area contributed by atoms with Gasteiger partial charge in [-0.25, -0.2) is 0 Å². The first kappa shape index (κ1) is 17.0. The van der Waals surface area contributed by atoms with Crippen LogP contribution in [0.5, 0.6) is 0 Å². The van der Waals surface area contributed by atoms with Crippen LogP contribution >= 0.6 is 0 Å². The Morgan fingerprint density at radius 2 is 1.56 bits per heavy atom. The van der Waals surface area contributed by atoms with Gasteiger partial charge < -0.3 is 10.6 Å². The topological polar surface area (TPSA) is 58.2 Å². The molecule has 4 rings (SSSR count). The minimum atomic E-state index is -0.0510. The monoisotopic (exact) mass is 356 g/mol. The number of carbonyl (C=O) groups excluding carboxylic acids is 2. The fraction of sp³-hybridized carbons (Fsp3) is 0.130. The summed E-state index contributed by atoms with van der Waals surface area (Å²) < 4.78 is 0. The Morgan fingerprint density at radius 3 is 2.19 bits per heavy atom. The molecule has 0 aromatic heterocycles. The maximum absolute atomic E-state index is 12.7. The van der Waals surface area contributed by atoms with Crippen molar-refractivity contribution in [2.45, 2.75) is 18.8 Å². The van der Waals surface area contributed by atoms with Crippen molar-refractivity contribution in [3.8, 4) is 0 Å². The fourth-order valence-electron chi connectivity index (χ4n) is 3.50. The zero-order chi connectivity index (χ0) is 18.6. The summed E-state index contributed by atoms with van der Waals surface area (Å²) in [5.74, 6) is -0.0725. The Labute approximate surface area is 158 Å². The van der Waals surface area contributed by atoms with Gasteiger partial charge in [0.2, 0.25) is 11.8 Å². The Balaban J connectivity index is 1.53. The Bertz CT molecular complexity index is 929. The summed E-state index contributed by atoms with van der Waals surface area (Å²) in [5, 5.41) is 5.78. The lowest BCUT2D eigenvalue weighted by molar-refractivity contribution is -0.116. The van der Waals surface area contributed by atoms with Gasteiger partial charge in [-0.15, -0.1) is 0 Å².